The molecule has 1 heterocycles. The Morgan fingerprint density at radius 1 is 1.47 bits per heavy atom. The second kappa shape index (κ2) is 4.40. The summed E-state index contributed by atoms with van der Waals surface area (Å²) < 4.78 is 0. The number of aryl methyl sites for hydroxylation is 1. The summed E-state index contributed by atoms with van der Waals surface area (Å²) in [6, 6.07) is 2.17. The van der Waals surface area contributed by atoms with Gasteiger partial charge >= 0.3 is 0 Å². The standard InChI is InChI=1S/C16H21N/c1-6-10(2)16(14-7-8-17-13(14)5)15-11(3)9-12(15)4/h6-8,11,17H,1,9H2,2-5H3/b16-10+. The maximum absolute atomic E-state index is 3.92. The van der Waals surface area contributed by atoms with E-state index in [1.54, 1.807) is 0 Å². The van der Waals surface area contributed by atoms with Gasteiger partial charge in [-0.25, -0.2) is 0 Å². The molecule has 0 aliphatic heterocycles. The summed E-state index contributed by atoms with van der Waals surface area (Å²) in [6.45, 7) is 12.8. The van der Waals surface area contributed by atoms with Crippen molar-refractivity contribution in [1.29, 1.82) is 0 Å². The Morgan fingerprint density at radius 3 is 2.59 bits per heavy atom. The molecule has 0 aromatic carbocycles. The lowest BCUT2D eigenvalue weighted by Gasteiger charge is -2.32. The molecule has 1 unspecified atom stereocenters. The third-order valence-corrected chi connectivity index (χ3v) is 3.76. The Bertz CT molecular complexity index is 511. The maximum Gasteiger partial charge on any atom is 0.0195 e. The number of allylic oxidation sites excluding steroid dienone is 5. The van der Waals surface area contributed by atoms with E-state index in [2.05, 4.69) is 45.3 Å². The molecule has 1 aromatic rings. The van der Waals surface area contributed by atoms with Crippen LogP contribution in [0.5, 0.6) is 0 Å². The third kappa shape index (κ3) is 1.90. The lowest BCUT2D eigenvalue weighted by atomic mass is 9.72. The summed E-state index contributed by atoms with van der Waals surface area (Å²) in [5.41, 5.74) is 8.26. The van der Waals surface area contributed by atoms with Crippen LogP contribution in [-0.2, 0) is 0 Å². The maximum atomic E-state index is 3.92. The lowest BCUT2D eigenvalue weighted by molar-refractivity contribution is 0.606. The average molecular weight is 227 g/mol. The normalized spacial score (nSPS) is 21.1. The molecule has 2 rings (SSSR count). The summed E-state index contributed by atoms with van der Waals surface area (Å²) in [6.07, 6.45) is 5.21. The van der Waals surface area contributed by atoms with E-state index in [-0.39, 0.29) is 0 Å². The van der Waals surface area contributed by atoms with Gasteiger partial charge in [0.05, 0.1) is 0 Å². The number of H-pyrrole nitrogens is 1. The van der Waals surface area contributed by atoms with Crippen LogP contribution in [0.4, 0.5) is 0 Å². The topological polar surface area (TPSA) is 15.8 Å². The Kier molecular flexibility index (Phi) is 3.10. The van der Waals surface area contributed by atoms with Gasteiger partial charge in [0.1, 0.15) is 0 Å². The van der Waals surface area contributed by atoms with Gasteiger partial charge in [-0.05, 0) is 55.9 Å². The van der Waals surface area contributed by atoms with Crippen LogP contribution in [0.15, 0.2) is 41.6 Å². The van der Waals surface area contributed by atoms with Crippen LogP contribution < -0.4 is 0 Å². The van der Waals surface area contributed by atoms with Gasteiger partial charge in [0.2, 0.25) is 0 Å². The van der Waals surface area contributed by atoms with Crippen LogP contribution in [0.2, 0.25) is 0 Å². The zero-order valence-corrected chi connectivity index (χ0v) is 11.2. The molecule has 0 saturated carbocycles. The molecule has 1 heteroatoms. The fourth-order valence-electron chi connectivity index (χ4n) is 2.82. The third-order valence-electron chi connectivity index (χ3n) is 3.76. The van der Waals surface area contributed by atoms with Crippen molar-refractivity contribution in [2.75, 3.05) is 0 Å². The van der Waals surface area contributed by atoms with Crippen LogP contribution in [0.3, 0.4) is 0 Å². The monoisotopic (exact) mass is 227 g/mol. The Morgan fingerprint density at radius 2 is 2.18 bits per heavy atom. The average Bonchev–Trinajstić information content (AvgIpc) is 2.71. The van der Waals surface area contributed by atoms with E-state index in [1.807, 2.05) is 12.3 Å². The number of rotatable bonds is 3. The first-order valence-corrected chi connectivity index (χ1v) is 6.24. The molecule has 17 heavy (non-hydrogen) atoms. The molecule has 1 nitrogen and oxygen atoms in total. The number of nitrogens with one attached hydrogen (secondary N) is 1. The molecule has 0 spiro atoms. The summed E-state index contributed by atoms with van der Waals surface area (Å²) in [5, 5.41) is 0. The van der Waals surface area contributed by atoms with Crippen molar-refractivity contribution in [3.63, 3.8) is 0 Å². The summed E-state index contributed by atoms with van der Waals surface area (Å²) in [5.74, 6) is 0.675. The highest BCUT2D eigenvalue weighted by atomic mass is 14.7. The fourth-order valence-corrected chi connectivity index (χ4v) is 2.82. The van der Waals surface area contributed by atoms with Crippen LogP contribution >= 0.6 is 0 Å². The molecule has 0 bridgehead atoms. The Hall–Kier alpha value is -1.50. The van der Waals surface area contributed by atoms with Crippen LogP contribution in [-0.4, -0.2) is 4.98 Å². The predicted octanol–water partition coefficient (Wildman–Crippen LogP) is 4.64. The quantitative estimate of drug-likeness (QED) is 0.724. The van der Waals surface area contributed by atoms with Gasteiger partial charge < -0.3 is 4.98 Å². The van der Waals surface area contributed by atoms with Gasteiger partial charge in [-0.1, -0.05) is 25.2 Å². The summed E-state index contributed by atoms with van der Waals surface area (Å²) in [7, 11) is 0. The minimum absolute atomic E-state index is 0.675. The molecule has 1 N–H and O–H groups in total. The Balaban J connectivity index is 2.60. The number of aromatic amines is 1. The van der Waals surface area contributed by atoms with Gasteiger partial charge in [-0.3, -0.25) is 0 Å². The molecule has 1 atom stereocenters. The number of hydrogen-bond acceptors (Lipinski definition) is 0. The van der Waals surface area contributed by atoms with Crippen molar-refractivity contribution in [1.82, 2.24) is 4.98 Å². The molecule has 90 valence electrons. The van der Waals surface area contributed by atoms with Crippen molar-refractivity contribution in [2.45, 2.75) is 34.1 Å². The van der Waals surface area contributed by atoms with E-state index in [0.717, 1.165) is 0 Å². The molecular formula is C16H21N. The second-order valence-electron chi connectivity index (χ2n) is 5.08. The van der Waals surface area contributed by atoms with Crippen molar-refractivity contribution < 1.29 is 0 Å². The molecule has 1 aliphatic rings. The fraction of sp³-hybridized carbons (Fsp3) is 0.375. The lowest BCUT2D eigenvalue weighted by Crippen LogP contribution is -2.16. The highest BCUT2D eigenvalue weighted by molar-refractivity contribution is 5.86. The van der Waals surface area contributed by atoms with Gasteiger partial charge in [-0.15, -0.1) is 0 Å². The predicted molar refractivity (Wildman–Crippen MR) is 74.8 cm³/mol. The summed E-state index contributed by atoms with van der Waals surface area (Å²) >= 11 is 0. The molecule has 1 aromatic heterocycles. The van der Waals surface area contributed by atoms with Crippen molar-refractivity contribution in [3.05, 3.63) is 52.9 Å². The smallest absolute Gasteiger partial charge is 0.0195 e. The van der Waals surface area contributed by atoms with E-state index in [1.165, 1.54) is 40.0 Å². The highest BCUT2D eigenvalue weighted by Crippen LogP contribution is 2.44. The van der Waals surface area contributed by atoms with Gasteiger partial charge in [0.15, 0.2) is 0 Å². The minimum atomic E-state index is 0.675. The van der Waals surface area contributed by atoms with Crippen LogP contribution in [0.1, 0.15) is 38.4 Å². The molecule has 0 radical (unpaired) electrons. The molecule has 0 amide bonds. The van der Waals surface area contributed by atoms with Gasteiger partial charge in [0, 0.05) is 17.5 Å². The SMILES string of the molecule is C=C/C(C)=C(/C1=C(C)CC1C)c1cc[nH]c1C. The molecular weight excluding hydrogens is 206 g/mol. The van der Waals surface area contributed by atoms with E-state index in [0.29, 0.717) is 5.92 Å². The largest absolute Gasteiger partial charge is 0.365 e. The summed E-state index contributed by atoms with van der Waals surface area (Å²) in [4.78, 5) is 3.27. The molecule has 0 fully saturated rings. The van der Waals surface area contributed by atoms with E-state index >= 15 is 0 Å². The first-order chi connectivity index (χ1) is 8.06. The highest BCUT2D eigenvalue weighted by Gasteiger charge is 2.27. The van der Waals surface area contributed by atoms with E-state index in [9.17, 15) is 0 Å². The van der Waals surface area contributed by atoms with E-state index in [4.69, 9.17) is 0 Å². The van der Waals surface area contributed by atoms with E-state index < -0.39 is 0 Å². The second-order valence-corrected chi connectivity index (χ2v) is 5.08. The van der Waals surface area contributed by atoms with Gasteiger partial charge in [0.25, 0.3) is 0 Å². The minimum Gasteiger partial charge on any atom is -0.365 e. The molecule has 1 aliphatic carbocycles. The zero-order valence-electron chi connectivity index (χ0n) is 11.2. The zero-order chi connectivity index (χ0) is 12.6. The number of hydrogen-bond donors (Lipinski definition) is 1. The van der Waals surface area contributed by atoms with Crippen molar-refractivity contribution >= 4 is 5.57 Å². The van der Waals surface area contributed by atoms with Crippen LogP contribution in [0.25, 0.3) is 5.57 Å². The first kappa shape index (κ1) is 12.0. The Labute approximate surface area is 104 Å². The van der Waals surface area contributed by atoms with Crippen LogP contribution in [0, 0.1) is 12.8 Å². The first-order valence-electron chi connectivity index (χ1n) is 6.24. The van der Waals surface area contributed by atoms with Crippen molar-refractivity contribution in [2.24, 2.45) is 5.92 Å². The van der Waals surface area contributed by atoms with Crippen molar-refractivity contribution in [3.8, 4) is 0 Å². The number of aromatic nitrogens is 1. The molecule has 0 saturated heterocycles. The van der Waals surface area contributed by atoms with Gasteiger partial charge in [-0.2, -0.15) is 0 Å².